The predicted molar refractivity (Wildman–Crippen MR) is 132 cm³/mol. The lowest BCUT2D eigenvalue weighted by molar-refractivity contribution is -0.127. The first-order chi connectivity index (χ1) is 16.1. The summed E-state index contributed by atoms with van der Waals surface area (Å²) in [5.74, 6) is 0.194. The highest BCUT2D eigenvalue weighted by Gasteiger charge is 2.25. The molecule has 0 N–H and O–H groups in total. The van der Waals surface area contributed by atoms with Gasteiger partial charge in [-0.2, -0.15) is 0 Å². The van der Waals surface area contributed by atoms with Crippen LogP contribution in [0.15, 0.2) is 12.4 Å². The number of rotatable bonds is 14. The minimum atomic E-state index is -0.443. The molecule has 2 heterocycles. The maximum atomic E-state index is 12.2. The summed E-state index contributed by atoms with van der Waals surface area (Å²) in [6.07, 6.45) is 4.82. The van der Waals surface area contributed by atoms with Gasteiger partial charge < -0.3 is 9.47 Å². The van der Waals surface area contributed by atoms with Crippen molar-refractivity contribution in [1.82, 2.24) is 30.0 Å². The molecule has 0 atom stereocenters. The highest BCUT2D eigenvalue weighted by atomic mass is 16.5. The topological polar surface area (TPSA) is 114 Å². The van der Waals surface area contributed by atoms with E-state index in [0.717, 1.165) is 5.69 Å². The third-order valence-electron chi connectivity index (χ3n) is 5.69. The largest absolute Gasteiger partial charge is 0.375 e. The Morgan fingerprint density at radius 2 is 1.43 bits per heavy atom. The van der Waals surface area contributed by atoms with Gasteiger partial charge in [-0.25, -0.2) is 9.36 Å². The Bertz CT molecular complexity index is 984. The molecule has 196 valence electrons. The number of Topliss-reactive ketones (excluding diaryl/α,β-unsaturated/α-hetero) is 2. The number of ketones is 2. The first kappa shape index (κ1) is 28.8. The molecule has 10 nitrogen and oxygen atoms in total. The Balaban J connectivity index is 1.78. The average molecular weight is 491 g/mol. The number of aromatic nitrogens is 6. The molecule has 0 amide bonds. The maximum Gasteiger partial charge on any atom is 0.159 e. The molecule has 0 unspecified atom stereocenters. The van der Waals surface area contributed by atoms with E-state index in [-0.39, 0.29) is 30.6 Å². The van der Waals surface area contributed by atoms with E-state index in [1.165, 1.54) is 0 Å². The number of carbonyl (C=O) groups excluding carboxylic acids is 2. The predicted octanol–water partition coefficient (Wildman–Crippen LogP) is 3.43. The van der Waals surface area contributed by atoms with Gasteiger partial charge in [0.2, 0.25) is 0 Å². The van der Waals surface area contributed by atoms with Crippen LogP contribution in [0.5, 0.6) is 0 Å². The first-order valence-electron chi connectivity index (χ1n) is 12.2. The van der Waals surface area contributed by atoms with E-state index in [2.05, 4.69) is 20.6 Å². The second-order valence-corrected chi connectivity index (χ2v) is 11.7. The van der Waals surface area contributed by atoms with Gasteiger partial charge in [0, 0.05) is 24.0 Å². The molecule has 0 aliphatic rings. The van der Waals surface area contributed by atoms with Gasteiger partial charge in [-0.3, -0.25) is 9.59 Å². The van der Waals surface area contributed by atoms with E-state index in [9.17, 15) is 9.59 Å². The van der Waals surface area contributed by atoms with Crippen molar-refractivity contribution in [3.8, 4) is 0 Å². The number of nitrogens with zero attached hydrogens (tertiary/aromatic N) is 6. The standard InChI is InChI=1S/C25H42N6O4/c1-18(2)21(32)15-30-13-19(26-28-30)12-25(8,9)34-11-10-24(6,7)35-17-20-14-31(29-27-20)16-22(33)23(3,4)5/h13-14,18H,10-12,15-17H2,1-9H3. The highest BCUT2D eigenvalue weighted by molar-refractivity contribution is 5.83. The van der Waals surface area contributed by atoms with E-state index in [1.54, 1.807) is 21.8 Å². The molecule has 0 spiro atoms. The molecule has 0 fully saturated rings. The normalized spacial score (nSPS) is 13.0. The van der Waals surface area contributed by atoms with Crippen molar-refractivity contribution in [3.63, 3.8) is 0 Å². The van der Waals surface area contributed by atoms with Gasteiger partial charge >= 0.3 is 0 Å². The molecular weight excluding hydrogens is 448 g/mol. The molecule has 10 heteroatoms. The van der Waals surface area contributed by atoms with Crippen LogP contribution in [0, 0.1) is 11.3 Å². The van der Waals surface area contributed by atoms with E-state index < -0.39 is 16.6 Å². The zero-order chi connectivity index (χ0) is 26.4. The number of hydrogen-bond acceptors (Lipinski definition) is 8. The second-order valence-electron chi connectivity index (χ2n) is 11.7. The van der Waals surface area contributed by atoms with Crippen molar-refractivity contribution in [2.24, 2.45) is 11.3 Å². The van der Waals surface area contributed by atoms with Gasteiger partial charge in [0.15, 0.2) is 11.6 Å². The number of hydrogen-bond donors (Lipinski definition) is 0. The average Bonchev–Trinajstić information content (AvgIpc) is 3.34. The van der Waals surface area contributed by atoms with Gasteiger partial charge in [0.1, 0.15) is 18.8 Å². The first-order valence-corrected chi connectivity index (χ1v) is 12.2. The molecule has 0 aliphatic heterocycles. The third-order valence-corrected chi connectivity index (χ3v) is 5.69. The fraction of sp³-hybridized carbons (Fsp3) is 0.760. The van der Waals surface area contributed by atoms with Gasteiger partial charge in [-0.15, -0.1) is 10.2 Å². The van der Waals surface area contributed by atoms with Crippen molar-refractivity contribution in [2.75, 3.05) is 6.61 Å². The Kier molecular flexibility index (Phi) is 9.47. The summed E-state index contributed by atoms with van der Waals surface area (Å²) in [6, 6.07) is 0. The highest BCUT2D eigenvalue weighted by Crippen LogP contribution is 2.21. The van der Waals surface area contributed by atoms with Crippen LogP contribution in [0.3, 0.4) is 0 Å². The molecule has 2 aromatic heterocycles. The smallest absolute Gasteiger partial charge is 0.159 e. The monoisotopic (exact) mass is 490 g/mol. The van der Waals surface area contributed by atoms with Gasteiger partial charge in [0.05, 0.1) is 36.3 Å². The van der Waals surface area contributed by atoms with Crippen LogP contribution in [0.2, 0.25) is 0 Å². The maximum absolute atomic E-state index is 12.2. The van der Waals surface area contributed by atoms with Crippen LogP contribution >= 0.6 is 0 Å². The SMILES string of the molecule is CC(C)C(=O)Cn1cc(CC(C)(C)OCCC(C)(C)OCc2cn(CC(=O)C(C)(C)C)nn2)nn1. The zero-order valence-electron chi connectivity index (χ0n) is 22.8. The summed E-state index contributed by atoms with van der Waals surface area (Å²) in [6.45, 7) is 18.7. The fourth-order valence-electron chi connectivity index (χ4n) is 3.11. The zero-order valence-corrected chi connectivity index (χ0v) is 22.8. The minimum Gasteiger partial charge on any atom is -0.375 e. The lowest BCUT2D eigenvalue weighted by atomic mass is 9.91. The number of carbonyl (C=O) groups is 2. The molecule has 0 aromatic carbocycles. The summed E-state index contributed by atoms with van der Waals surface area (Å²) in [7, 11) is 0. The van der Waals surface area contributed by atoms with E-state index in [0.29, 0.717) is 31.7 Å². The second kappa shape index (κ2) is 11.5. The Labute approximate surface area is 208 Å². The van der Waals surface area contributed by atoms with Gasteiger partial charge in [-0.05, 0) is 34.1 Å². The molecule has 0 aliphatic carbocycles. The van der Waals surface area contributed by atoms with Gasteiger partial charge in [0.25, 0.3) is 0 Å². The summed E-state index contributed by atoms with van der Waals surface area (Å²) in [5.41, 5.74) is 0.180. The summed E-state index contributed by atoms with van der Waals surface area (Å²) < 4.78 is 15.3. The molecule has 0 radical (unpaired) electrons. The molecule has 2 aromatic rings. The van der Waals surface area contributed by atoms with Gasteiger partial charge in [-0.1, -0.05) is 45.0 Å². The van der Waals surface area contributed by atoms with Crippen LogP contribution in [0.25, 0.3) is 0 Å². The van der Waals surface area contributed by atoms with Crippen LogP contribution < -0.4 is 0 Å². The molecule has 0 bridgehead atoms. The van der Waals surface area contributed by atoms with Crippen LogP contribution in [-0.4, -0.2) is 59.4 Å². The van der Waals surface area contributed by atoms with Crippen molar-refractivity contribution >= 4 is 11.6 Å². The van der Waals surface area contributed by atoms with Crippen molar-refractivity contribution < 1.29 is 19.1 Å². The Hall–Kier alpha value is -2.46. The Morgan fingerprint density at radius 3 is 2.03 bits per heavy atom. The minimum absolute atomic E-state index is 0.0300. The fourth-order valence-corrected chi connectivity index (χ4v) is 3.11. The van der Waals surface area contributed by atoms with E-state index >= 15 is 0 Å². The quantitative estimate of drug-likeness (QED) is 0.396. The van der Waals surface area contributed by atoms with Crippen LogP contribution in [0.4, 0.5) is 0 Å². The van der Waals surface area contributed by atoms with Crippen molar-refractivity contribution in [3.05, 3.63) is 23.8 Å². The Morgan fingerprint density at radius 1 is 0.857 bits per heavy atom. The van der Waals surface area contributed by atoms with E-state index in [4.69, 9.17) is 9.47 Å². The lowest BCUT2D eigenvalue weighted by Crippen LogP contribution is -2.32. The molecule has 0 saturated heterocycles. The summed E-state index contributed by atoms with van der Waals surface area (Å²) in [5, 5.41) is 16.4. The van der Waals surface area contributed by atoms with Crippen LogP contribution in [-0.2, 0) is 45.2 Å². The third kappa shape index (κ3) is 9.97. The van der Waals surface area contributed by atoms with Crippen molar-refractivity contribution in [2.45, 2.75) is 106 Å². The van der Waals surface area contributed by atoms with E-state index in [1.807, 2.05) is 62.3 Å². The number of ether oxygens (including phenoxy) is 2. The molecule has 35 heavy (non-hydrogen) atoms. The van der Waals surface area contributed by atoms with Crippen molar-refractivity contribution in [1.29, 1.82) is 0 Å². The van der Waals surface area contributed by atoms with Crippen LogP contribution in [0.1, 0.15) is 80.1 Å². The summed E-state index contributed by atoms with van der Waals surface area (Å²) in [4.78, 5) is 24.1. The lowest BCUT2D eigenvalue weighted by Gasteiger charge is -2.29. The summed E-state index contributed by atoms with van der Waals surface area (Å²) >= 11 is 0. The molecule has 0 saturated carbocycles. The molecule has 2 rings (SSSR count). The molecular formula is C25H42N6O4.